The zero-order chi connectivity index (χ0) is 21.7. The number of imidazole rings is 1. The second-order valence-corrected chi connectivity index (χ2v) is 10.2. The van der Waals surface area contributed by atoms with E-state index < -0.39 is 15.9 Å². The van der Waals surface area contributed by atoms with Crippen molar-refractivity contribution in [1.29, 1.82) is 0 Å². The summed E-state index contributed by atoms with van der Waals surface area (Å²) < 4.78 is 26.4. The van der Waals surface area contributed by atoms with Gasteiger partial charge in [-0.25, -0.2) is 13.4 Å². The number of nitrogens with zero attached hydrogens (tertiary/aromatic N) is 2. The van der Waals surface area contributed by atoms with Gasteiger partial charge in [-0.05, 0) is 54.8 Å². The average molecular weight is 467 g/mol. The first-order valence-corrected chi connectivity index (χ1v) is 12.5. The number of thioether (sulfide) groups is 1. The number of hydrogen-bond acceptors (Lipinski definition) is 5. The van der Waals surface area contributed by atoms with Crippen molar-refractivity contribution in [3.05, 3.63) is 59.4 Å². The van der Waals surface area contributed by atoms with Crippen LogP contribution in [0.3, 0.4) is 0 Å². The molecule has 7 nitrogen and oxygen atoms in total. The number of aromatic nitrogens is 2. The third-order valence-electron chi connectivity index (χ3n) is 4.57. The normalized spacial score (nSPS) is 12.9. The number of rotatable bonds is 9. The van der Waals surface area contributed by atoms with Crippen LogP contribution in [0.25, 0.3) is 11.0 Å². The van der Waals surface area contributed by atoms with Crippen molar-refractivity contribution in [2.75, 3.05) is 25.6 Å². The minimum Gasteiger partial charge on any atom is -0.345 e. The van der Waals surface area contributed by atoms with E-state index in [1.807, 2.05) is 30.5 Å². The largest absolute Gasteiger partial charge is 0.345 e. The molecule has 2 aromatic carbocycles. The summed E-state index contributed by atoms with van der Waals surface area (Å²) in [6, 6.07) is 13.1. The molecular formula is C20H23ClN4O3S2. The van der Waals surface area contributed by atoms with Gasteiger partial charge in [0, 0.05) is 12.1 Å². The number of likely N-dealkylation sites (N-methyl/N-ethyl adjacent to an activating group) is 1. The summed E-state index contributed by atoms with van der Waals surface area (Å²) in [4.78, 5) is 20.6. The summed E-state index contributed by atoms with van der Waals surface area (Å²) in [5.74, 6) is 1.07. The quantitative estimate of drug-likeness (QED) is 0.503. The van der Waals surface area contributed by atoms with Crippen molar-refractivity contribution in [3.8, 4) is 0 Å². The molecule has 0 fully saturated rings. The maximum absolute atomic E-state index is 12.7. The highest BCUT2D eigenvalue weighted by molar-refractivity contribution is 7.98. The van der Waals surface area contributed by atoms with Gasteiger partial charge >= 0.3 is 0 Å². The Hall–Kier alpha value is -2.07. The number of benzene rings is 2. The summed E-state index contributed by atoms with van der Waals surface area (Å²) in [5, 5.41) is 3.36. The number of carbonyl (C=O) groups is 1. The number of sulfonamides is 1. The van der Waals surface area contributed by atoms with Crippen LogP contribution < -0.4 is 5.32 Å². The fourth-order valence-corrected chi connectivity index (χ4v) is 4.69. The van der Waals surface area contributed by atoms with Gasteiger partial charge in [-0.1, -0.05) is 23.7 Å². The minimum absolute atomic E-state index is 0.0819. The summed E-state index contributed by atoms with van der Waals surface area (Å²) in [6.45, 7) is -0.305. The highest BCUT2D eigenvalue weighted by atomic mass is 35.5. The molecule has 2 N–H and O–H groups in total. The van der Waals surface area contributed by atoms with E-state index >= 15 is 0 Å². The van der Waals surface area contributed by atoms with E-state index in [2.05, 4.69) is 15.3 Å². The van der Waals surface area contributed by atoms with Crippen LogP contribution in [0.4, 0.5) is 0 Å². The number of aromatic amines is 1. The number of carbonyl (C=O) groups excluding carboxylic acids is 1. The van der Waals surface area contributed by atoms with Crippen molar-refractivity contribution in [3.63, 3.8) is 0 Å². The van der Waals surface area contributed by atoms with Crippen LogP contribution in [0.5, 0.6) is 0 Å². The highest BCUT2D eigenvalue weighted by Crippen LogP contribution is 2.21. The van der Waals surface area contributed by atoms with Gasteiger partial charge in [-0.2, -0.15) is 16.1 Å². The fraction of sp³-hybridized carbons (Fsp3) is 0.300. The van der Waals surface area contributed by atoms with Gasteiger partial charge in [0.15, 0.2) is 0 Å². The van der Waals surface area contributed by atoms with Crippen LogP contribution in [-0.4, -0.2) is 54.2 Å². The molecule has 1 unspecified atom stereocenters. The lowest BCUT2D eigenvalue weighted by molar-refractivity contribution is -0.121. The third kappa shape index (κ3) is 5.34. The highest BCUT2D eigenvalue weighted by Gasteiger charge is 2.25. The summed E-state index contributed by atoms with van der Waals surface area (Å²) >= 11 is 7.49. The molecular weight excluding hydrogens is 444 g/mol. The van der Waals surface area contributed by atoms with E-state index in [0.717, 1.165) is 21.1 Å². The van der Waals surface area contributed by atoms with E-state index in [9.17, 15) is 13.2 Å². The van der Waals surface area contributed by atoms with Crippen LogP contribution in [0, 0.1) is 0 Å². The predicted molar refractivity (Wildman–Crippen MR) is 121 cm³/mol. The number of halogens is 1. The van der Waals surface area contributed by atoms with Crippen LogP contribution in [-0.2, 0) is 14.8 Å². The van der Waals surface area contributed by atoms with Gasteiger partial charge < -0.3 is 10.3 Å². The molecule has 0 aliphatic carbocycles. The topological polar surface area (TPSA) is 95.2 Å². The van der Waals surface area contributed by atoms with Crippen LogP contribution in [0.15, 0.2) is 53.4 Å². The Kier molecular flexibility index (Phi) is 7.41. The standard InChI is InChI=1S/C20H23ClN4O3S2/c1-25(30(27,28)15-9-7-14(21)8-10-15)13-19(26)22-18(11-12-29-2)20-23-16-5-3-4-6-17(16)24-20/h3-10,18H,11-13H2,1-2H3,(H,22,26)(H,23,24). The zero-order valence-corrected chi connectivity index (χ0v) is 19.0. The lowest BCUT2D eigenvalue weighted by Gasteiger charge is -2.20. The molecule has 0 aliphatic rings. The molecule has 1 aromatic heterocycles. The van der Waals surface area contributed by atoms with Gasteiger partial charge in [0.05, 0.1) is 28.5 Å². The third-order valence-corrected chi connectivity index (χ3v) is 7.29. The van der Waals surface area contributed by atoms with Crippen molar-refractivity contribution >= 4 is 50.3 Å². The SMILES string of the molecule is CSCCC(NC(=O)CN(C)S(=O)(=O)c1ccc(Cl)cc1)c1nc2ccccc2[nH]1. The smallest absolute Gasteiger partial charge is 0.243 e. The Morgan fingerprint density at radius 2 is 1.93 bits per heavy atom. The molecule has 0 spiro atoms. The van der Waals surface area contributed by atoms with Crippen LogP contribution in [0.1, 0.15) is 18.3 Å². The Bertz CT molecular complexity index is 1080. The van der Waals surface area contributed by atoms with Crippen molar-refractivity contribution < 1.29 is 13.2 Å². The van der Waals surface area contributed by atoms with Crippen molar-refractivity contribution in [1.82, 2.24) is 19.6 Å². The molecule has 0 saturated heterocycles. The molecule has 1 atom stereocenters. The molecule has 3 rings (SSSR count). The van der Waals surface area contributed by atoms with Gasteiger partial charge in [0.2, 0.25) is 15.9 Å². The Labute approximate surface area is 185 Å². The number of para-hydroxylation sites is 2. The summed E-state index contributed by atoms with van der Waals surface area (Å²) in [5.41, 5.74) is 1.71. The molecule has 1 amide bonds. The average Bonchev–Trinajstić information content (AvgIpc) is 3.15. The van der Waals surface area contributed by atoms with Gasteiger partial charge in [-0.15, -0.1) is 0 Å². The van der Waals surface area contributed by atoms with Crippen LogP contribution >= 0.6 is 23.4 Å². The molecule has 0 radical (unpaired) electrons. The Morgan fingerprint density at radius 1 is 1.23 bits per heavy atom. The molecule has 3 aromatic rings. The lowest BCUT2D eigenvalue weighted by atomic mass is 10.2. The maximum atomic E-state index is 12.7. The number of amides is 1. The number of fused-ring (bicyclic) bond motifs is 1. The molecule has 0 saturated carbocycles. The van der Waals surface area contributed by atoms with Gasteiger partial charge in [0.1, 0.15) is 5.82 Å². The first-order valence-electron chi connectivity index (χ1n) is 9.26. The summed E-state index contributed by atoms with van der Waals surface area (Å²) in [7, 11) is -2.43. The van der Waals surface area contributed by atoms with E-state index in [1.54, 1.807) is 11.8 Å². The second kappa shape index (κ2) is 9.82. The number of H-pyrrole nitrogens is 1. The Balaban J connectivity index is 1.72. The van der Waals surface area contributed by atoms with Crippen molar-refractivity contribution in [2.24, 2.45) is 0 Å². The van der Waals surface area contributed by atoms with E-state index in [0.29, 0.717) is 17.3 Å². The number of nitrogens with one attached hydrogen (secondary N) is 2. The molecule has 0 aliphatic heterocycles. The van der Waals surface area contributed by atoms with E-state index in [1.165, 1.54) is 31.3 Å². The number of hydrogen-bond donors (Lipinski definition) is 2. The first kappa shape index (κ1) is 22.6. The lowest BCUT2D eigenvalue weighted by Crippen LogP contribution is -2.40. The van der Waals surface area contributed by atoms with Crippen LogP contribution in [0.2, 0.25) is 5.02 Å². The molecule has 0 bridgehead atoms. The molecule has 30 heavy (non-hydrogen) atoms. The minimum atomic E-state index is -3.80. The molecule has 10 heteroatoms. The Morgan fingerprint density at radius 3 is 2.60 bits per heavy atom. The fourth-order valence-electron chi connectivity index (χ4n) is 2.96. The van der Waals surface area contributed by atoms with Gasteiger partial charge in [-0.3, -0.25) is 4.79 Å². The molecule has 1 heterocycles. The second-order valence-electron chi connectivity index (χ2n) is 6.76. The van der Waals surface area contributed by atoms with E-state index in [4.69, 9.17) is 11.6 Å². The maximum Gasteiger partial charge on any atom is 0.243 e. The van der Waals surface area contributed by atoms with Gasteiger partial charge in [0.25, 0.3) is 0 Å². The summed E-state index contributed by atoms with van der Waals surface area (Å²) in [6.07, 6.45) is 2.66. The first-order chi connectivity index (χ1) is 14.3. The van der Waals surface area contributed by atoms with Crippen molar-refractivity contribution in [2.45, 2.75) is 17.4 Å². The van der Waals surface area contributed by atoms with E-state index in [-0.39, 0.29) is 17.5 Å². The monoisotopic (exact) mass is 466 g/mol. The predicted octanol–water partition coefficient (Wildman–Crippen LogP) is 3.45. The zero-order valence-electron chi connectivity index (χ0n) is 16.6. The molecule has 160 valence electrons.